The van der Waals surface area contributed by atoms with Crippen molar-refractivity contribution in [2.24, 2.45) is 0 Å². The molecule has 1 aliphatic rings. The Hall–Kier alpha value is -2.24. The zero-order valence-corrected chi connectivity index (χ0v) is 17.0. The minimum absolute atomic E-state index is 0.0265. The molecular weight excluding hydrogens is 390 g/mol. The van der Waals surface area contributed by atoms with Gasteiger partial charge in [0.05, 0.1) is 29.6 Å². The van der Waals surface area contributed by atoms with Gasteiger partial charge in [0.15, 0.2) is 0 Å². The van der Waals surface area contributed by atoms with Crippen molar-refractivity contribution in [3.05, 3.63) is 82.6 Å². The van der Waals surface area contributed by atoms with Crippen molar-refractivity contribution in [1.29, 1.82) is 0 Å². The van der Waals surface area contributed by atoms with Gasteiger partial charge < -0.3 is 5.32 Å². The molecule has 0 bridgehead atoms. The van der Waals surface area contributed by atoms with Gasteiger partial charge in [0.25, 0.3) is 0 Å². The first-order valence-corrected chi connectivity index (χ1v) is 10.8. The molecule has 1 aromatic heterocycles. The number of carbonyl (C=O) groups is 1. The van der Waals surface area contributed by atoms with Crippen LogP contribution in [-0.4, -0.2) is 21.4 Å². The summed E-state index contributed by atoms with van der Waals surface area (Å²) in [7, 11) is 0. The molecule has 3 aromatic rings. The number of nitrogens with zero attached hydrogens (tertiary/aromatic N) is 2. The first-order valence-electron chi connectivity index (χ1n) is 9.46. The SMILES string of the molecule is O=C(CSc1ccccc1Cl)NC1CCCc2c1cnn2Cc1ccccc1. The quantitative estimate of drug-likeness (QED) is 0.588. The third-order valence-electron chi connectivity index (χ3n) is 4.97. The van der Waals surface area contributed by atoms with E-state index in [0.717, 1.165) is 36.3 Å². The van der Waals surface area contributed by atoms with Crippen LogP contribution < -0.4 is 5.32 Å². The molecular formula is C22H22ClN3OS. The number of benzene rings is 2. The van der Waals surface area contributed by atoms with Crippen LogP contribution in [0.5, 0.6) is 0 Å². The summed E-state index contributed by atoms with van der Waals surface area (Å²) in [6.07, 6.45) is 4.93. The van der Waals surface area contributed by atoms with E-state index in [2.05, 4.69) is 27.2 Å². The van der Waals surface area contributed by atoms with Gasteiger partial charge in [0.1, 0.15) is 0 Å². The van der Waals surface area contributed by atoms with E-state index in [0.29, 0.717) is 10.8 Å². The van der Waals surface area contributed by atoms with E-state index in [1.807, 2.05) is 48.7 Å². The third-order valence-corrected chi connectivity index (χ3v) is 6.48. The van der Waals surface area contributed by atoms with E-state index in [1.165, 1.54) is 23.0 Å². The molecule has 28 heavy (non-hydrogen) atoms. The van der Waals surface area contributed by atoms with Crippen molar-refractivity contribution < 1.29 is 4.79 Å². The summed E-state index contributed by atoms with van der Waals surface area (Å²) >= 11 is 7.64. The van der Waals surface area contributed by atoms with Crippen molar-refractivity contribution in [3.8, 4) is 0 Å². The number of carbonyl (C=O) groups excluding carboxylic acids is 1. The molecule has 1 N–H and O–H groups in total. The highest BCUT2D eigenvalue weighted by Crippen LogP contribution is 2.31. The first kappa shape index (κ1) is 19.1. The lowest BCUT2D eigenvalue weighted by molar-refractivity contribution is -0.119. The standard InChI is InChI=1S/C22H22ClN3OS/c23-18-9-4-5-12-21(18)28-15-22(27)25-19-10-6-11-20-17(19)13-24-26(20)14-16-7-2-1-3-8-16/h1-5,7-9,12-13,19H,6,10-11,14-15H2,(H,25,27). The molecule has 144 valence electrons. The molecule has 0 aliphatic heterocycles. The predicted molar refractivity (Wildman–Crippen MR) is 114 cm³/mol. The van der Waals surface area contributed by atoms with Gasteiger partial charge >= 0.3 is 0 Å². The van der Waals surface area contributed by atoms with Crippen LogP contribution in [0, 0.1) is 0 Å². The number of rotatable bonds is 6. The number of hydrogen-bond donors (Lipinski definition) is 1. The maximum atomic E-state index is 12.5. The topological polar surface area (TPSA) is 46.9 Å². The van der Waals surface area contributed by atoms with Crippen molar-refractivity contribution in [3.63, 3.8) is 0 Å². The Morgan fingerprint density at radius 1 is 1.18 bits per heavy atom. The monoisotopic (exact) mass is 411 g/mol. The average Bonchev–Trinajstić information content (AvgIpc) is 3.12. The smallest absolute Gasteiger partial charge is 0.230 e. The Labute approximate surface area is 174 Å². The average molecular weight is 412 g/mol. The minimum atomic E-state index is 0.0265. The van der Waals surface area contributed by atoms with E-state index >= 15 is 0 Å². The summed E-state index contributed by atoms with van der Waals surface area (Å²) in [6.45, 7) is 0.763. The van der Waals surface area contributed by atoms with E-state index < -0.39 is 0 Å². The number of amides is 1. The van der Waals surface area contributed by atoms with Gasteiger partial charge in [0.2, 0.25) is 5.91 Å². The Balaban J connectivity index is 1.40. The third kappa shape index (κ3) is 4.42. The molecule has 0 spiro atoms. The number of fused-ring (bicyclic) bond motifs is 1. The Bertz CT molecular complexity index is 957. The second kappa shape index (κ2) is 8.84. The molecule has 4 nitrogen and oxygen atoms in total. The van der Waals surface area contributed by atoms with Crippen LogP contribution >= 0.6 is 23.4 Å². The van der Waals surface area contributed by atoms with Crippen molar-refractivity contribution in [1.82, 2.24) is 15.1 Å². The predicted octanol–water partition coefficient (Wildman–Crippen LogP) is 4.87. The highest BCUT2D eigenvalue weighted by Gasteiger charge is 2.25. The summed E-state index contributed by atoms with van der Waals surface area (Å²) in [5, 5.41) is 8.47. The molecule has 0 radical (unpaired) electrons. The number of thioether (sulfide) groups is 1. The maximum absolute atomic E-state index is 12.5. The van der Waals surface area contributed by atoms with E-state index in [9.17, 15) is 4.79 Å². The number of hydrogen-bond acceptors (Lipinski definition) is 3. The lowest BCUT2D eigenvalue weighted by Crippen LogP contribution is -2.32. The van der Waals surface area contributed by atoms with Gasteiger partial charge in [-0.05, 0) is 37.0 Å². The largest absolute Gasteiger partial charge is 0.348 e. The molecule has 0 saturated heterocycles. The van der Waals surface area contributed by atoms with Crippen molar-refractivity contribution in [2.45, 2.75) is 36.7 Å². The fraction of sp³-hybridized carbons (Fsp3) is 0.273. The molecule has 1 heterocycles. The molecule has 0 saturated carbocycles. The van der Waals surface area contributed by atoms with Crippen LogP contribution in [0.15, 0.2) is 65.7 Å². The zero-order chi connectivity index (χ0) is 19.3. The number of halogens is 1. The zero-order valence-electron chi connectivity index (χ0n) is 15.5. The fourth-order valence-corrected chi connectivity index (χ4v) is 4.65. The van der Waals surface area contributed by atoms with Gasteiger partial charge in [-0.25, -0.2) is 0 Å². The summed E-state index contributed by atoms with van der Waals surface area (Å²) in [5.41, 5.74) is 3.62. The number of nitrogens with one attached hydrogen (secondary N) is 1. The molecule has 0 fully saturated rings. The molecule has 1 atom stereocenters. The highest BCUT2D eigenvalue weighted by molar-refractivity contribution is 8.00. The van der Waals surface area contributed by atoms with Gasteiger partial charge in [-0.1, -0.05) is 54.1 Å². The molecule has 4 rings (SSSR count). The second-order valence-electron chi connectivity index (χ2n) is 6.92. The van der Waals surface area contributed by atoms with E-state index in [1.54, 1.807) is 0 Å². The Kier molecular flexibility index (Phi) is 6.03. The fourth-order valence-electron chi connectivity index (χ4n) is 3.60. The first-order chi connectivity index (χ1) is 13.7. The van der Waals surface area contributed by atoms with Gasteiger partial charge in [-0.15, -0.1) is 11.8 Å². The minimum Gasteiger partial charge on any atom is -0.348 e. The summed E-state index contributed by atoms with van der Waals surface area (Å²) in [6, 6.07) is 18.0. The summed E-state index contributed by atoms with van der Waals surface area (Å²) in [4.78, 5) is 13.4. The van der Waals surface area contributed by atoms with Crippen LogP contribution in [0.1, 0.15) is 35.7 Å². The van der Waals surface area contributed by atoms with Gasteiger partial charge in [-0.2, -0.15) is 5.10 Å². The van der Waals surface area contributed by atoms with Gasteiger partial charge in [0, 0.05) is 16.2 Å². The second-order valence-corrected chi connectivity index (χ2v) is 8.35. The lowest BCUT2D eigenvalue weighted by atomic mass is 9.93. The highest BCUT2D eigenvalue weighted by atomic mass is 35.5. The summed E-state index contributed by atoms with van der Waals surface area (Å²) < 4.78 is 2.07. The van der Waals surface area contributed by atoms with Crippen molar-refractivity contribution in [2.75, 3.05) is 5.75 Å². The normalized spacial score (nSPS) is 15.8. The van der Waals surface area contributed by atoms with Crippen LogP contribution in [0.2, 0.25) is 5.02 Å². The van der Waals surface area contributed by atoms with Crippen molar-refractivity contribution >= 4 is 29.3 Å². The molecule has 1 unspecified atom stereocenters. The van der Waals surface area contributed by atoms with Gasteiger partial charge in [-0.3, -0.25) is 9.48 Å². The molecule has 2 aromatic carbocycles. The maximum Gasteiger partial charge on any atom is 0.230 e. The summed E-state index contributed by atoms with van der Waals surface area (Å²) in [5.74, 6) is 0.381. The lowest BCUT2D eigenvalue weighted by Gasteiger charge is -2.24. The van der Waals surface area contributed by atoms with Crippen LogP contribution in [0.25, 0.3) is 0 Å². The van der Waals surface area contributed by atoms with E-state index in [4.69, 9.17) is 11.6 Å². The molecule has 1 amide bonds. The molecule has 6 heteroatoms. The van der Waals surface area contributed by atoms with Crippen LogP contribution in [-0.2, 0) is 17.8 Å². The number of aromatic nitrogens is 2. The van der Waals surface area contributed by atoms with E-state index in [-0.39, 0.29) is 11.9 Å². The molecule has 1 aliphatic carbocycles. The Morgan fingerprint density at radius 3 is 2.79 bits per heavy atom. The van der Waals surface area contributed by atoms with Crippen LogP contribution in [0.4, 0.5) is 0 Å². The van der Waals surface area contributed by atoms with Crippen LogP contribution in [0.3, 0.4) is 0 Å². The Morgan fingerprint density at radius 2 is 1.96 bits per heavy atom.